The number of pyridine rings is 4. The fourth-order valence-electron chi connectivity index (χ4n) is 14.5. The molecule has 0 aliphatic carbocycles. The van der Waals surface area contributed by atoms with E-state index in [1.807, 2.05) is 69.2 Å². The maximum absolute atomic E-state index is 13.6. The fourth-order valence-corrected chi connectivity index (χ4v) is 14.5. The molecule has 550 valence electrons. The van der Waals surface area contributed by atoms with Crippen molar-refractivity contribution < 1.29 is 67.6 Å². The van der Waals surface area contributed by atoms with Gasteiger partial charge in [0.15, 0.2) is 5.03 Å². The van der Waals surface area contributed by atoms with Crippen molar-refractivity contribution in [2.24, 2.45) is 0 Å². The zero-order valence-corrected chi connectivity index (χ0v) is 54.7. The number of hydrogen-bond acceptors (Lipinski definition) is 13. The molecule has 0 radical (unpaired) electrons. The Morgan fingerprint density at radius 2 is 0.802 bits per heavy atom. The molecule has 4 aliphatic heterocycles. The molecule has 4 aliphatic rings. The molecule has 21 nitrogen and oxygen atoms in total. The number of benzene rings is 4. The first-order valence-corrected chi connectivity index (χ1v) is 30.5. The van der Waals surface area contributed by atoms with Gasteiger partial charge < -0.3 is 35.9 Å². The second kappa shape index (κ2) is 27.0. The van der Waals surface area contributed by atoms with Crippen LogP contribution >= 0.6 is 0 Å². The molecule has 0 bridgehead atoms. The summed E-state index contributed by atoms with van der Waals surface area (Å²) in [6.45, 7) is 23.5. The van der Waals surface area contributed by atoms with Crippen molar-refractivity contribution >= 4 is 77.7 Å². The minimum atomic E-state index is -4.80. The average molecular weight is 1440 g/mol. The number of rotatable bonds is 3. The molecule has 8 heterocycles. The summed E-state index contributed by atoms with van der Waals surface area (Å²) in [5.41, 5.74) is -8.53. The predicted octanol–water partition coefficient (Wildman–Crippen LogP) is 18.6. The van der Waals surface area contributed by atoms with Gasteiger partial charge in [0.1, 0.15) is 33.6 Å². The highest BCUT2D eigenvalue weighted by Crippen LogP contribution is 2.52. The number of halogens is 12. The third-order valence-corrected chi connectivity index (χ3v) is 18.0. The standard InChI is InChI=1S/C17H18F3N3O3.2C16H16F3N3O3.C16H17F3N2O.3CH4/c1-7-6-16(3,4)22-13-9(7)5-10-11(17(18,19)20)8(2)15(24)21-12(10)14(13)23(25)26;1-8-7-15(2,3)21(22(24)25)13-6-12-10(4-9(8)13)11(16(17,18)19)5-14(23)20-12;1-7-6-15(2,3)21-13-8(7)4-9-10(16(17,18)19)5-11(23)20-12(9)14(13)22(24)25;1-8-7-15(2,3)21-13-6-12-10(4-9(8)13)11(16(17,18)19)5-14(22)20-12;;;/h5,7,22H,6H2,1-4H3,(H,21,24);4-6,8H,7H2,1-3H3,(H,20,23);4-5,7,21H,6H2,1-3H3,(H,20,23);4-6,8,21H,7H2,1-3H3,(H,20,22);3*1H4. The molecular formula is C68H79F12N11O10. The Balaban J connectivity index is 0.000000210. The van der Waals surface area contributed by atoms with Gasteiger partial charge in [-0.25, -0.2) is 10.1 Å². The smallest absolute Gasteiger partial charge is 0.380 e. The second-order valence-corrected chi connectivity index (χ2v) is 28.1. The fraction of sp³-hybridized carbons (Fsp3) is 0.471. The maximum atomic E-state index is 13.6. The molecule has 33 heteroatoms. The first-order chi connectivity index (χ1) is 44.7. The Labute approximate surface area is 569 Å². The second-order valence-electron chi connectivity index (χ2n) is 28.1. The molecule has 0 saturated heterocycles. The molecule has 12 rings (SSSR count). The summed E-state index contributed by atoms with van der Waals surface area (Å²) in [6.07, 6.45) is -16.4. The summed E-state index contributed by atoms with van der Waals surface area (Å²) in [5, 5.41) is 43.9. The summed E-state index contributed by atoms with van der Waals surface area (Å²) in [6, 6.07) is 9.91. The third kappa shape index (κ3) is 15.8. The van der Waals surface area contributed by atoms with E-state index in [4.69, 9.17) is 0 Å². The van der Waals surface area contributed by atoms with Crippen molar-refractivity contribution in [3.63, 3.8) is 0 Å². The van der Waals surface area contributed by atoms with E-state index in [0.717, 1.165) is 29.6 Å². The predicted molar refractivity (Wildman–Crippen MR) is 365 cm³/mol. The van der Waals surface area contributed by atoms with Crippen LogP contribution in [-0.4, -0.2) is 57.0 Å². The van der Waals surface area contributed by atoms with Gasteiger partial charge >= 0.3 is 36.1 Å². The molecule has 0 spiro atoms. The number of alkyl halides is 12. The van der Waals surface area contributed by atoms with Gasteiger partial charge in [-0.05, 0) is 170 Å². The van der Waals surface area contributed by atoms with Crippen LogP contribution in [0.3, 0.4) is 0 Å². The van der Waals surface area contributed by atoms with E-state index in [0.29, 0.717) is 54.2 Å². The lowest BCUT2D eigenvalue weighted by Crippen LogP contribution is -2.51. The maximum Gasteiger partial charge on any atom is 0.417 e. The zero-order chi connectivity index (χ0) is 73.3. The van der Waals surface area contributed by atoms with Gasteiger partial charge in [0.2, 0.25) is 16.7 Å². The van der Waals surface area contributed by atoms with E-state index < -0.39 is 129 Å². The summed E-state index contributed by atoms with van der Waals surface area (Å²) in [4.78, 5) is 89.6. The van der Waals surface area contributed by atoms with Crippen LogP contribution in [0.15, 0.2) is 73.8 Å². The van der Waals surface area contributed by atoms with Crippen molar-refractivity contribution in [2.75, 3.05) is 21.0 Å². The molecule has 8 aromatic rings. The molecule has 4 aromatic heterocycles. The highest BCUT2D eigenvalue weighted by Gasteiger charge is 2.47. The van der Waals surface area contributed by atoms with Gasteiger partial charge in [-0.1, -0.05) is 55.0 Å². The number of nitro benzene ring substituents is 2. The molecule has 0 saturated carbocycles. The topological polar surface area (TPSA) is 300 Å². The van der Waals surface area contributed by atoms with Crippen molar-refractivity contribution in [1.82, 2.24) is 19.9 Å². The summed E-state index contributed by atoms with van der Waals surface area (Å²) < 4.78 is 160. The van der Waals surface area contributed by atoms with Gasteiger partial charge in [0.05, 0.1) is 43.1 Å². The van der Waals surface area contributed by atoms with Crippen LogP contribution in [0, 0.1) is 37.3 Å². The summed E-state index contributed by atoms with van der Waals surface area (Å²) in [5.74, 6) is -0.387. The highest BCUT2D eigenvalue weighted by molar-refractivity contribution is 6.00. The number of nitro groups is 3. The Kier molecular flexibility index (Phi) is 21.4. The monoisotopic (exact) mass is 1440 g/mol. The average Bonchev–Trinajstić information content (AvgIpc) is 0.748. The van der Waals surface area contributed by atoms with E-state index in [1.54, 1.807) is 26.0 Å². The van der Waals surface area contributed by atoms with Crippen LogP contribution in [0.4, 0.5) is 86.8 Å². The van der Waals surface area contributed by atoms with Gasteiger partial charge in [-0.3, -0.25) is 39.4 Å². The molecule has 0 fully saturated rings. The van der Waals surface area contributed by atoms with E-state index in [9.17, 15) is 102 Å². The molecule has 7 N–H and O–H groups in total. The normalized spacial score (nSPS) is 19.1. The minimum absolute atomic E-state index is 0. The summed E-state index contributed by atoms with van der Waals surface area (Å²) in [7, 11) is 0. The molecule has 4 aromatic carbocycles. The van der Waals surface area contributed by atoms with E-state index >= 15 is 0 Å². The van der Waals surface area contributed by atoms with Crippen LogP contribution in [0.2, 0.25) is 0 Å². The Hall–Kier alpha value is -9.72. The van der Waals surface area contributed by atoms with E-state index in [2.05, 4.69) is 35.9 Å². The third-order valence-electron chi connectivity index (χ3n) is 18.0. The highest BCUT2D eigenvalue weighted by atomic mass is 19.4. The van der Waals surface area contributed by atoms with Crippen molar-refractivity contribution in [2.45, 2.75) is 209 Å². The quantitative estimate of drug-likeness (QED) is 0.0492. The number of H-pyrrole nitrogens is 4. The molecular weight excluding hydrogens is 1360 g/mol. The largest absolute Gasteiger partial charge is 0.417 e. The molecule has 4 atom stereocenters. The van der Waals surface area contributed by atoms with Gasteiger partial charge in [-0.15, -0.1) is 0 Å². The number of hydrazine groups is 1. The number of anilines is 4. The van der Waals surface area contributed by atoms with Crippen LogP contribution < -0.4 is 43.2 Å². The van der Waals surface area contributed by atoms with Crippen LogP contribution in [0.5, 0.6) is 0 Å². The van der Waals surface area contributed by atoms with Gasteiger partial charge in [-0.2, -0.15) is 52.7 Å². The molecule has 101 heavy (non-hydrogen) atoms. The Morgan fingerprint density at radius 3 is 1.22 bits per heavy atom. The van der Waals surface area contributed by atoms with Gasteiger partial charge in [0, 0.05) is 67.6 Å². The SMILES string of the molecule is C.C.C.CC1CC(C)(C)N([N+](=O)[O-])c2cc3[nH]c(=O)cc(C(F)(F)F)c3cc21.CC1CC(C)(C)Nc2c1cc1c(C(F)(F)F)cc(=O)[nH]c1c2[N+](=O)[O-].CC1CC(C)(C)Nc2cc3[nH]c(=O)cc(C(F)(F)F)c3cc21.Cc1c(C(F)(F)F)c2cc3c(c([N+](=O)[O-])c2[nH]c1=O)NC(C)(C)CC3C. The van der Waals surface area contributed by atoms with Crippen LogP contribution in [0.25, 0.3) is 43.6 Å². The lowest BCUT2D eigenvalue weighted by atomic mass is 9.80. The van der Waals surface area contributed by atoms with Crippen LogP contribution in [-0.2, 0) is 24.7 Å². The van der Waals surface area contributed by atoms with Crippen molar-refractivity contribution in [1.29, 1.82) is 0 Å². The zero-order valence-electron chi connectivity index (χ0n) is 54.7. The number of hydrogen-bond donors (Lipinski definition) is 7. The number of aromatic amines is 4. The molecule has 0 amide bonds. The number of nitrogens with zero attached hydrogens (tertiary/aromatic N) is 4. The summed E-state index contributed by atoms with van der Waals surface area (Å²) >= 11 is 0. The van der Waals surface area contributed by atoms with E-state index in [-0.39, 0.29) is 101 Å². The van der Waals surface area contributed by atoms with Crippen molar-refractivity contribution in [3.05, 3.63) is 176 Å². The van der Waals surface area contributed by atoms with E-state index in [1.165, 1.54) is 24.3 Å². The number of fused-ring (bicyclic) bond motifs is 8. The molecule has 4 unspecified atom stereocenters. The first kappa shape index (κ1) is 80.3. The van der Waals surface area contributed by atoms with Crippen molar-refractivity contribution in [3.8, 4) is 0 Å². The lowest BCUT2D eigenvalue weighted by Gasteiger charge is -2.39. The number of nitrogens with one attached hydrogen (secondary N) is 7. The Morgan fingerprint density at radius 1 is 0.446 bits per heavy atom. The van der Waals surface area contributed by atoms with Gasteiger partial charge in [0.25, 0.3) is 5.56 Å². The first-order valence-electron chi connectivity index (χ1n) is 30.5. The minimum Gasteiger partial charge on any atom is -0.380 e. The number of aromatic nitrogens is 4. The Bertz CT molecular complexity index is 4890. The lowest BCUT2D eigenvalue weighted by molar-refractivity contribution is -0.507. The van der Waals surface area contributed by atoms with Crippen LogP contribution in [0.1, 0.15) is 205 Å².